The van der Waals surface area contributed by atoms with Crippen LogP contribution in [0.5, 0.6) is 0 Å². The van der Waals surface area contributed by atoms with Crippen LogP contribution in [0.2, 0.25) is 0 Å². The molecule has 0 aliphatic carbocycles. The van der Waals surface area contributed by atoms with Crippen LogP contribution in [-0.2, 0) is 9.59 Å². The predicted molar refractivity (Wildman–Crippen MR) is 61.4 cm³/mol. The highest BCUT2D eigenvalue weighted by Crippen LogP contribution is 2.23. The van der Waals surface area contributed by atoms with E-state index in [9.17, 15) is 19.7 Å². The molecule has 1 heterocycles. The lowest BCUT2D eigenvalue weighted by Gasteiger charge is -2.09. The Morgan fingerprint density at radius 1 is 1.44 bits per heavy atom. The van der Waals surface area contributed by atoms with Crippen molar-refractivity contribution in [3.63, 3.8) is 0 Å². The smallest absolute Gasteiger partial charge is 0.292 e. The highest BCUT2D eigenvalue weighted by molar-refractivity contribution is 6.00. The molecule has 0 aromatic heterocycles. The number of hydrogen-bond donors (Lipinski definition) is 3. The first-order chi connectivity index (χ1) is 8.58. The third-order valence-electron chi connectivity index (χ3n) is 2.45. The molecule has 1 saturated heterocycles. The van der Waals surface area contributed by atoms with Crippen molar-refractivity contribution < 1.29 is 14.5 Å². The zero-order valence-corrected chi connectivity index (χ0v) is 9.17. The molecule has 1 aromatic carbocycles. The summed E-state index contributed by atoms with van der Waals surface area (Å²) in [6.45, 7) is 0. The van der Waals surface area contributed by atoms with Crippen molar-refractivity contribution in [2.75, 3.05) is 5.32 Å². The van der Waals surface area contributed by atoms with E-state index in [1.807, 2.05) is 0 Å². The van der Waals surface area contributed by atoms with Crippen molar-refractivity contribution in [2.45, 2.75) is 12.5 Å². The van der Waals surface area contributed by atoms with Gasteiger partial charge in [-0.25, -0.2) is 5.43 Å². The molecule has 0 radical (unpaired) electrons. The summed E-state index contributed by atoms with van der Waals surface area (Å²) < 4.78 is 0. The number of hydrogen-bond acceptors (Lipinski definition) is 5. The fourth-order valence-corrected chi connectivity index (χ4v) is 1.57. The van der Waals surface area contributed by atoms with Crippen LogP contribution in [0.4, 0.5) is 11.4 Å². The maximum atomic E-state index is 11.7. The molecule has 2 amide bonds. The van der Waals surface area contributed by atoms with Gasteiger partial charge in [0.25, 0.3) is 5.69 Å². The molecule has 0 saturated carbocycles. The number of nitrogens with one attached hydrogen (secondary N) is 3. The van der Waals surface area contributed by atoms with Gasteiger partial charge >= 0.3 is 0 Å². The van der Waals surface area contributed by atoms with Gasteiger partial charge in [-0.1, -0.05) is 12.1 Å². The third kappa shape index (κ3) is 2.43. The molecular weight excluding hydrogens is 240 g/mol. The highest BCUT2D eigenvalue weighted by Gasteiger charge is 2.28. The number of amides is 2. The summed E-state index contributed by atoms with van der Waals surface area (Å²) in [5.74, 6) is -0.791. The molecular formula is C10H10N4O4. The highest BCUT2D eigenvalue weighted by atomic mass is 16.6. The minimum Gasteiger partial charge on any atom is -0.319 e. The Bertz CT molecular complexity index is 516. The zero-order valence-electron chi connectivity index (χ0n) is 9.17. The van der Waals surface area contributed by atoms with Crippen LogP contribution in [0.15, 0.2) is 24.3 Å². The minimum atomic E-state index is -0.725. The van der Waals surface area contributed by atoms with E-state index in [4.69, 9.17) is 0 Å². The third-order valence-corrected chi connectivity index (χ3v) is 2.45. The molecule has 1 fully saturated rings. The summed E-state index contributed by atoms with van der Waals surface area (Å²) in [5.41, 5.74) is 4.70. The molecule has 1 atom stereocenters. The molecule has 1 aromatic rings. The van der Waals surface area contributed by atoms with Gasteiger partial charge in [0.05, 0.1) is 11.3 Å². The largest absolute Gasteiger partial charge is 0.319 e. The van der Waals surface area contributed by atoms with E-state index in [1.54, 1.807) is 6.07 Å². The van der Waals surface area contributed by atoms with Crippen molar-refractivity contribution >= 4 is 23.2 Å². The standard InChI is InChI=1S/C10H10N4O4/c15-9-5-7(12-13-9)10(16)11-6-3-1-2-4-8(6)14(17)18/h1-4,7,12H,5H2,(H,11,16)(H,13,15)/t7-/m1/s1. The number of hydrazine groups is 1. The number of rotatable bonds is 3. The molecule has 3 N–H and O–H groups in total. The van der Waals surface area contributed by atoms with Gasteiger partial charge in [0, 0.05) is 6.07 Å². The number of carbonyl (C=O) groups excluding carboxylic acids is 2. The number of benzene rings is 1. The van der Waals surface area contributed by atoms with E-state index < -0.39 is 16.9 Å². The number of para-hydroxylation sites is 2. The first-order valence-corrected chi connectivity index (χ1v) is 5.16. The van der Waals surface area contributed by atoms with Crippen LogP contribution in [0.3, 0.4) is 0 Å². The quantitative estimate of drug-likeness (QED) is 0.513. The van der Waals surface area contributed by atoms with Crippen LogP contribution in [0.25, 0.3) is 0 Å². The zero-order chi connectivity index (χ0) is 13.1. The maximum absolute atomic E-state index is 11.7. The van der Waals surface area contributed by atoms with Gasteiger partial charge in [-0.3, -0.25) is 25.1 Å². The van der Waals surface area contributed by atoms with E-state index in [-0.39, 0.29) is 23.7 Å². The van der Waals surface area contributed by atoms with Crippen molar-refractivity contribution in [3.8, 4) is 0 Å². The van der Waals surface area contributed by atoms with Crippen LogP contribution < -0.4 is 16.2 Å². The summed E-state index contributed by atoms with van der Waals surface area (Å²) in [4.78, 5) is 32.8. The normalized spacial score (nSPS) is 18.2. The lowest BCUT2D eigenvalue weighted by atomic mass is 10.2. The Balaban J connectivity index is 2.12. The lowest BCUT2D eigenvalue weighted by molar-refractivity contribution is -0.383. The Hall–Kier alpha value is -2.48. The summed E-state index contributed by atoms with van der Waals surface area (Å²) >= 11 is 0. The van der Waals surface area contributed by atoms with Crippen molar-refractivity contribution in [2.24, 2.45) is 0 Å². The SMILES string of the molecule is O=C1C[C@H](C(=O)Nc2ccccc2[N+](=O)[O-])NN1. The Labute approximate surface area is 101 Å². The second-order valence-corrected chi connectivity index (χ2v) is 3.71. The minimum absolute atomic E-state index is 0.00641. The van der Waals surface area contributed by atoms with Crippen LogP contribution in [0, 0.1) is 10.1 Å². The van der Waals surface area contributed by atoms with E-state index >= 15 is 0 Å². The maximum Gasteiger partial charge on any atom is 0.292 e. The number of carbonyl (C=O) groups is 2. The summed E-state index contributed by atoms with van der Waals surface area (Å²) in [7, 11) is 0. The molecule has 0 spiro atoms. The Morgan fingerprint density at radius 3 is 2.78 bits per heavy atom. The molecule has 1 aliphatic rings. The van der Waals surface area contributed by atoms with Crippen molar-refractivity contribution in [3.05, 3.63) is 34.4 Å². The van der Waals surface area contributed by atoms with E-state index in [0.717, 1.165) is 0 Å². The topological polar surface area (TPSA) is 113 Å². The summed E-state index contributed by atoms with van der Waals surface area (Å²) in [6, 6.07) is 5.08. The fraction of sp³-hybridized carbons (Fsp3) is 0.200. The average molecular weight is 250 g/mol. The van der Waals surface area contributed by atoms with Gasteiger partial charge in [-0.2, -0.15) is 0 Å². The van der Waals surface area contributed by atoms with Crippen LogP contribution >= 0.6 is 0 Å². The predicted octanol–water partition coefficient (Wildman–Crippen LogP) is -0.0736. The number of nitrogens with zero attached hydrogens (tertiary/aromatic N) is 1. The lowest BCUT2D eigenvalue weighted by Crippen LogP contribution is -2.39. The van der Waals surface area contributed by atoms with Gasteiger partial charge in [0.15, 0.2) is 0 Å². The molecule has 8 heteroatoms. The average Bonchev–Trinajstić information content (AvgIpc) is 2.76. The molecule has 94 valence electrons. The second kappa shape index (κ2) is 4.80. The first kappa shape index (κ1) is 12.0. The number of nitro benzene ring substituents is 1. The van der Waals surface area contributed by atoms with Gasteiger partial charge < -0.3 is 5.32 Å². The number of anilines is 1. The first-order valence-electron chi connectivity index (χ1n) is 5.16. The molecule has 2 rings (SSSR count). The van der Waals surface area contributed by atoms with Gasteiger partial charge in [-0.05, 0) is 6.07 Å². The molecule has 0 unspecified atom stereocenters. The Morgan fingerprint density at radius 2 is 2.17 bits per heavy atom. The van der Waals surface area contributed by atoms with Crippen LogP contribution in [0.1, 0.15) is 6.42 Å². The van der Waals surface area contributed by atoms with E-state index in [0.29, 0.717) is 0 Å². The van der Waals surface area contributed by atoms with E-state index in [2.05, 4.69) is 16.2 Å². The van der Waals surface area contributed by atoms with Crippen molar-refractivity contribution in [1.29, 1.82) is 0 Å². The van der Waals surface area contributed by atoms with Gasteiger partial charge in [-0.15, -0.1) is 0 Å². The molecule has 0 bridgehead atoms. The molecule has 18 heavy (non-hydrogen) atoms. The summed E-state index contributed by atoms with van der Waals surface area (Å²) in [6.07, 6.45) is 0.00641. The monoisotopic (exact) mass is 250 g/mol. The Kier molecular flexibility index (Phi) is 3.20. The second-order valence-electron chi connectivity index (χ2n) is 3.71. The fourth-order valence-electron chi connectivity index (χ4n) is 1.57. The van der Waals surface area contributed by atoms with E-state index in [1.165, 1.54) is 18.2 Å². The van der Waals surface area contributed by atoms with Crippen LogP contribution in [-0.4, -0.2) is 22.8 Å². The molecule has 8 nitrogen and oxygen atoms in total. The van der Waals surface area contributed by atoms with Gasteiger partial charge in [0.2, 0.25) is 11.8 Å². The summed E-state index contributed by atoms with van der Waals surface area (Å²) in [5, 5.41) is 13.2. The molecule has 1 aliphatic heterocycles. The van der Waals surface area contributed by atoms with Crippen molar-refractivity contribution in [1.82, 2.24) is 10.9 Å². The van der Waals surface area contributed by atoms with Gasteiger partial charge in [0.1, 0.15) is 11.7 Å². The number of nitro groups is 1.